The molecule has 31 heavy (non-hydrogen) atoms. The first-order chi connectivity index (χ1) is 14.9. The van der Waals surface area contributed by atoms with E-state index in [0.717, 1.165) is 5.56 Å². The quantitative estimate of drug-likeness (QED) is 0.658. The molecule has 7 nitrogen and oxygen atoms in total. The van der Waals surface area contributed by atoms with Crippen molar-refractivity contribution in [3.63, 3.8) is 0 Å². The van der Waals surface area contributed by atoms with Crippen molar-refractivity contribution in [2.45, 2.75) is 19.5 Å². The number of hydrogen-bond acceptors (Lipinski definition) is 3. The van der Waals surface area contributed by atoms with Crippen molar-refractivity contribution in [2.24, 2.45) is 5.73 Å². The Hall–Kier alpha value is -3.75. The molecular weight excluding hydrogens is 404 g/mol. The molecule has 2 aromatic carbocycles. The summed E-state index contributed by atoms with van der Waals surface area (Å²) in [6.07, 6.45) is 0.564. The second-order valence-electron chi connectivity index (χ2n) is 7.30. The highest BCUT2D eigenvalue weighted by Gasteiger charge is 2.29. The number of aromatic nitrogens is 2. The van der Waals surface area contributed by atoms with Gasteiger partial charge in [-0.2, -0.15) is 5.10 Å². The van der Waals surface area contributed by atoms with E-state index in [2.05, 4.69) is 10.4 Å². The first-order valence-electron chi connectivity index (χ1n) is 9.85. The normalized spacial score (nSPS) is 13.0. The van der Waals surface area contributed by atoms with Crippen molar-refractivity contribution in [1.82, 2.24) is 20.0 Å². The number of hydrogen-bond donors (Lipinski definition) is 2. The number of carbonyl (C=O) groups is 2. The van der Waals surface area contributed by atoms with Gasteiger partial charge in [0.1, 0.15) is 17.3 Å². The summed E-state index contributed by atoms with van der Waals surface area (Å²) in [5.41, 5.74) is 7.98. The first-order valence-corrected chi connectivity index (χ1v) is 9.85. The molecule has 3 amide bonds. The maximum absolute atomic E-state index is 13.7. The van der Waals surface area contributed by atoms with Gasteiger partial charge in [-0.3, -0.25) is 9.48 Å². The Morgan fingerprint density at radius 3 is 2.55 bits per heavy atom. The number of rotatable bonds is 5. The summed E-state index contributed by atoms with van der Waals surface area (Å²) >= 11 is 0. The molecule has 4 rings (SSSR count). The van der Waals surface area contributed by atoms with E-state index in [-0.39, 0.29) is 24.0 Å². The van der Waals surface area contributed by atoms with Gasteiger partial charge in [0.2, 0.25) is 0 Å². The van der Waals surface area contributed by atoms with Gasteiger partial charge in [0, 0.05) is 18.7 Å². The Labute approximate surface area is 177 Å². The molecule has 1 aliphatic heterocycles. The fraction of sp³-hybridized carbons (Fsp3) is 0.227. The summed E-state index contributed by atoms with van der Waals surface area (Å²) in [4.78, 5) is 26.4. The summed E-state index contributed by atoms with van der Waals surface area (Å²) in [7, 11) is 0. The number of fused-ring (bicyclic) bond motifs is 1. The Balaban J connectivity index is 1.48. The number of carbonyl (C=O) groups excluding carboxylic acids is 2. The molecule has 0 atom stereocenters. The highest BCUT2D eigenvalue weighted by Crippen LogP contribution is 2.28. The predicted molar refractivity (Wildman–Crippen MR) is 110 cm³/mol. The maximum Gasteiger partial charge on any atom is 0.317 e. The Kier molecular flexibility index (Phi) is 5.66. The fourth-order valence-corrected chi connectivity index (χ4v) is 3.66. The van der Waals surface area contributed by atoms with Crippen LogP contribution in [0.15, 0.2) is 48.5 Å². The SMILES string of the molecule is NC(=O)c1c(-c2cccc(F)c2)nn2c1CN(C(=O)NCCc1ccc(F)cc1)CC2. The Morgan fingerprint density at radius 2 is 1.84 bits per heavy atom. The van der Waals surface area contributed by atoms with Crippen LogP contribution in [0.5, 0.6) is 0 Å². The van der Waals surface area contributed by atoms with Crippen molar-refractivity contribution in [3.8, 4) is 11.3 Å². The zero-order chi connectivity index (χ0) is 22.0. The number of primary amides is 1. The molecule has 9 heteroatoms. The largest absolute Gasteiger partial charge is 0.365 e. The lowest BCUT2D eigenvalue weighted by Crippen LogP contribution is -2.45. The fourth-order valence-electron chi connectivity index (χ4n) is 3.66. The van der Waals surface area contributed by atoms with E-state index >= 15 is 0 Å². The standard InChI is InChI=1S/C22H21F2N5O2/c23-16-6-4-14(5-7-16)8-9-26-22(31)28-10-11-29-18(13-28)19(21(25)30)20(27-29)15-2-1-3-17(24)12-15/h1-7,12H,8-11,13H2,(H2,25,30)(H,26,31). The van der Waals surface area contributed by atoms with E-state index in [0.29, 0.717) is 43.0 Å². The van der Waals surface area contributed by atoms with E-state index in [1.807, 2.05) is 0 Å². The number of urea groups is 1. The van der Waals surface area contributed by atoms with Gasteiger partial charge in [-0.25, -0.2) is 13.6 Å². The van der Waals surface area contributed by atoms with Crippen LogP contribution >= 0.6 is 0 Å². The molecule has 0 fully saturated rings. The maximum atomic E-state index is 13.7. The van der Waals surface area contributed by atoms with E-state index in [1.54, 1.807) is 27.8 Å². The summed E-state index contributed by atoms with van der Waals surface area (Å²) in [5.74, 6) is -1.43. The van der Waals surface area contributed by atoms with Gasteiger partial charge in [0.05, 0.1) is 24.3 Å². The van der Waals surface area contributed by atoms with Crippen molar-refractivity contribution < 1.29 is 18.4 Å². The molecule has 0 spiro atoms. The first kappa shape index (κ1) is 20.5. The number of benzene rings is 2. The average molecular weight is 425 g/mol. The number of nitrogens with two attached hydrogens (primary N) is 1. The third-order valence-electron chi connectivity index (χ3n) is 5.21. The molecule has 0 radical (unpaired) electrons. The van der Waals surface area contributed by atoms with Gasteiger partial charge >= 0.3 is 6.03 Å². The highest BCUT2D eigenvalue weighted by molar-refractivity contribution is 6.00. The minimum absolute atomic E-state index is 0.156. The lowest BCUT2D eigenvalue weighted by Gasteiger charge is -2.28. The lowest BCUT2D eigenvalue weighted by molar-refractivity contribution is 0.0997. The van der Waals surface area contributed by atoms with Crippen molar-refractivity contribution in [2.75, 3.05) is 13.1 Å². The molecular formula is C22H21F2N5O2. The van der Waals surface area contributed by atoms with Crippen molar-refractivity contribution >= 4 is 11.9 Å². The Bertz CT molecular complexity index is 1130. The highest BCUT2D eigenvalue weighted by atomic mass is 19.1. The molecule has 3 N–H and O–H groups in total. The number of halogens is 2. The molecule has 2 heterocycles. The molecule has 160 valence electrons. The predicted octanol–water partition coefficient (Wildman–Crippen LogP) is 2.70. The molecule has 3 aromatic rings. The molecule has 0 aliphatic carbocycles. The third kappa shape index (κ3) is 4.40. The van der Waals surface area contributed by atoms with Gasteiger partial charge in [-0.1, -0.05) is 24.3 Å². The van der Waals surface area contributed by atoms with Crippen molar-refractivity contribution in [3.05, 3.63) is 77.0 Å². The molecule has 0 saturated carbocycles. The van der Waals surface area contributed by atoms with Gasteiger partial charge in [-0.15, -0.1) is 0 Å². The van der Waals surface area contributed by atoms with Crippen LogP contribution in [0.4, 0.5) is 13.6 Å². The van der Waals surface area contributed by atoms with E-state index in [1.165, 1.54) is 30.3 Å². The molecule has 1 aromatic heterocycles. The molecule has 1 aliphatic rings. The number of nitrogens with zero attached hydrogens (tertiary/aromatic N) is 3. The zero-order valence-corrected chi connectivity index (χ0v) is 16.6. The number of nitrogens with one attached hydrogen (secondary N) is 1. The van der Waals surface area contributed by atoms with Gasteiger partial charge < -0.3 is 16.0 Å². The molecule has 0 unspecified atom stereocenters. The minimum atomic E-state index is -0.681. The monoisotopic (exact) mass is 425 g/mol. The Morgan fingerprint density at radius 1 is 1.06 bits per heavy atom. The van der Waals surface area contributed by atoms with Crippen molar-refractivity contribution in [1.29, 1.82) is 0 Å². The van der Waals surface area contributed by atoms with E-state index in [4.69, 9.17) is 5.73 Å². The molecule has 0 bridgehead atoms. The summed E-state index contributed by atoms with van der Waals surface area (Å²) in [6, 6.07) is 11.6. The average Bonchev–Trinajstić information content (AvgIpc) is 3.14. The van der Waals surface area contributed by atoms with Crippen LogP contribution in [0.25, 0.3) is 11.3 Å². The lowest BCUT2D eigenvalue weighted by atomic mass is 10.0. The van der Waals surface area contributed by atoms with Crippen LogP contribution in [-0.4, -0.2) is 39.7 Å². The van der Waals surface area contributed by atoms with Crippen LogP contribution in [0.1, 0.15) is 21.6 Å². The van der Waals surface area contributed by atoms with Crippen LogP contribution in [-0.2, 0) is 19.5 Å². The zero-order valence-electron chi connectivity index (χ0n) is 16.6. The summed E-state index contributed by atoms with van der Waals surface area (Å²) < 4.78 is 28.3. The van der Waals surface area contributed by atoms with Crippen LogP contribution < -0.4 is 11.1 Å². The number of amides is 3. The van der Waals surface area contributed by atoms with Crippen LogP contribution in [0, 0.1) is 11.6 Å². The van der Waals surface area contributed by atoms with Crippen LogP contribution in [0.2, 0.25) is 0 Å². The van der Waals surface area contributed by atoms with E-state index < -0.39 is 11.7 Å². The smallest absolute Gasteiger partial charge is 0.317 e. The third-order valence-corrected chi connectivity index (χ3v) is 5.21. The van der Waals surface area contributed by atoms with Crippen LogP contribution in [0.3, 0.4) is 0 Å². The van der Waals surface area contributed by atoms with Gasteiger partial charge in [0.25, 0.3) is 5.91 Å². The minimum Gasteiger partial charge on any atom is -0.365 e. The topological polar surface area (TPSA) is 93.2 Å². The van der Waals surface area contributed by atoms with E-state index in [9.17, 15) is 18.4 Å². The van der Waals surface area contributed by atoms with Gasteiger partial charge in [0.15, 0.2) is 0 Å². The molecule has 0 saturated heterocycles. The van der Waals surface area contributed by atoms with Gasteiger partial charge in [-0.05, 0) is 36.2 Å². The second kappa shape index (κ2) is 8.55. The summed E-state index contributed by atoms with van der Waals surface area (Å²) in [6.45, 7) is 1.33. The second-order valence-corrected chi connectivity index (χ2v) is 7.30. The summed E-state index contributed by atoms with van der Waals surface area (Å²) in [5, 5.41) is 7.28.